The molecule has 0 aliphatic heterocycles. The van der Waals surface area contributed by atoms with Gasteiger partial charge in [-0.2, -0.15) is 0 Å². The molecule has 0 fully saturated rings. The smallest absolute Gasteiger partial charge is 0.338 e. The van der Waals surface area contributed by atoms with E-state index in [9.17, 15) is 9.59 Å². The van der Waals surface area contributed by atoms with E-state index in [2.05, 4.69) is 10.3 Å². The van der Waals surface area contributed by atoms with Crippen molar-refractivity contribution in [1.29, 1.82) is 0 Å². The van der Waals surface area contributed by atoms with Gasteiger partial charge in [0.25, 0.3) is 0 Å². The summed E-state index contributed by atoms with van der Waals surface area (Å²) >= 11 is 6.47. The summed E-state index contributed by atoms with van der Waals surface area (Å²) in [5.41, 5.74) is 3.69. The third kappa shape index (κ3) is 4.77. The van der Waals surface area contributed by atoms with Gasteiger partial charge in [0, 0.05) is 17.1 Å². The fraction of sp³-hybridized carbons (Fsp3) is 0.318. The normalized spacial score (nSPS) is 10.9. The van der Waals surface area contributed by atoms with E-state index in [4.69, 9.17) is 16.3 Å². The predicted molar refractivity (Wildman–Crippen MR) is 115 cm³/mol. The Kier molecular flexibility index (Phi) is 6.54. The van der Waals surface area contributed by atoms with Gasteiger partial charge in [-0.25, -0.2) is 9.78 Å². The maximum Gasteiger partial charge on any atom is 0.338 e. The molecule has 7 heteroatoms. The highest BCUT2D eigenvalue weighted by Gasteiger charge is 2.14. The molecule has 1 amide bonds. The fourth-order valence-corrected chi connectivity index (χ4v) is 3.40. The third-order valence-corrected chi connectivity index (χ3v) is 4.94. The van der Waals surface area contributed by atoms with E-state index < -0.39 is 0 Å². The number of benzene rings is 2. The van der Waals surface area contributed by atoms with Crippen LogP contribution in [0.1, 0.15) is 48.4 Å². The molecule has 0 saturated carbocycles. The van der Waals surface area contributed by atoms with Gasteiger partial charge in [-0.05, 0) is 56.2 Å². The van der Waals surface area contributed by atoms with Gasteiger partial charge in [0.1, 0.15) is 5.82 Å². The molecular weight excluding hydrogens is 390 g/mol. The molecule has 0 atom stereocenters. The molecule has 3 rings (SSSR count). The first-order valence-electron chi connectivity index (χ1n) is 9.65. The lowest BCUT2D eigenvalue weighted by molar-refractivity contribution is -0.116. The summed E-state index contributed by atoms with van der Waals surface area (Å²) in [6.45, 7) is 6.47. The van der Waals surface area contributed by atoms with Gasteiger partial charge in [0.15, 0.2) is 0 Å². The Morgan fingerprint density at radius 2 is 1.97 bits per heavy atom. The molecule has 2 aromatic carbocycles. The standard InChI is InChI=1S/C22H24ClN3O3/c1-4-6-21(27)25-17-9-7-16(18(23)12-17)13-26-14(3)24-19-10-8-15(11-20(19)26)22(28)29-5-2/h7-12H,4-6,13H2,1-3H3,(H,25,27). The molecule has 1 aromatic heterocycles. The van der Waals surface area contributed by atoms with Gasteiger partial charge in [0.2, 0.25) is 5.91 Å². The summed E-state index contributed by atoms with van der Waals surface area (Å²) in [4.78, 5) is 28.4. The van der Waals surface area contributed by atoms with Crippen molar-refractivity contribution in [3.05, 3.63) is 58.4 Å². The van der Waals surface area contributed by atoms with E-state index in [1.165, 1.54) is 0 Å². The predicted octanol–water partition coefficient (Wildman–Crippen LogP) is 4.96. The minimum atomic E-state index is -0.356. The van der Waals surface area contributed by atoms with E-state index in [1.807, 2.05) is 36.6 Å². The number of carbonyl (C=O) groups excluding carboxylic acids is 2. The number of carbonyl (C=O) groups is 2. The van der Waals surface area contributed by atoms with Crippen LogP contribution in [0.2, 0.25) is 5.02 Å². The number of halogens is 1. The van der Waals surface area contributed by atoms with E-state index in [0.29, 0.717) is 35.8 Å². The SMILES string of the molecule is CCCC(=O)Nc1ccc(Cn2c(C)nc3ccc(C(=O)OCC)cc32)c(Cl)c1. The molecule has 1 heterocycles. The Bertz CT molecular complexity index is 1060. The monoisotopic (exact) mass is 413 g/mol. The second-order valence-corrected chi connectivity index (χ2v) is 7.18. The first kappa shape index (κ1) is 20.9. The van der Waals surface area contributed by atoms with Gasteiger partial charge < -0.3 is 14.6 Å². The van der Waals surface area contributed by atoms with Crippen LogP contribution in [0.25, 0.3) is 11.0 Å². The van der Waals surface area contributed by atoms with Crippen LogP contribution in [-0.2, 0) is 16.1 Å². The first-order valence-corrected chi connectivity index (χ1v) is 10.0. The van der Waals surface area contributed by atoms with Crippen LogP contribution < -0.4 is 5.32 Å². The van der Waals surface area contributed by atoms with E-state index in [0.717, 1.165) is 28.8 Å². The summed E-state index contributed by atoms with van der Waals surface area (Å²) in [5, 5.41) is 3.41. The number of fused-ring (bicyclic) bond motifs is 1. The zero-order valence-electron chi connectivity index (χ0n) is 16.8. The van der Waals surface area contributed by atoms with Gasteiger partial charge in [-0.3, -0.25) is 4.79 Å². The average molecular weight is 414 g/mol. The summed E-state index contributed by atoms with van der Waals surface area (Å²) in [5.74, 6) is 0.432. The number of hydrogen-bond donors (Lipinski definition) is 1. The van der Waals surface area contributed by atoms with E-state index in [1.54, 1.807) is 25.1 Å². The molecule has 0 aliphatic carbocycles. The number of aryl methyl sites for hydroxylation is 1. The summed E-state index contributed by atoms with van der Waals surface area (Å²) in [6.07, 6.45) is 1.26. The topological polar surface area (TPSA) is 73.2 Å². The van der Waals surface area contributed by atoms with Gasteiger partial charge in [0.05, 0.1) is 29.7 Å². The molecular formula is C22H24ClN3O3. The van der Waals surface area contributed by atoms with Crippen LogP contribution in [-0.4, -0.2) is 28.0 Å². The van der Waals surface area contributed by atoms with Crippen molar-refractivity contribution in [3.63, 3.8) is 0 Å². The first-order chi connectivity index (χ1) is 13.9. The second kappa shape index (κ2) is 9.09. The maximum atomic E-state index is 12.1. The molecule has 6 nitrogen and oxygen atoms in total. The van der Waals surface area contributed by atoms with E-state index in [-0.39, 0.29) is 11.9 Å². The van der Waals surface area contributed by atoms with Crippen molar-refractivity contribution in [3.8, 4) is 0 Å². The molecule has 0 aliphatic rings. The number of nitrogens with one attached hydrogen (secondary N) is 1. The Hall–Kier alpha value is -2.86. The van der Waals surface area contributed by atoms with Gasteiger partial charge >= 0.3 is 5.97 Å². The lowest BCUT2D eigenvalue weighted by Gasteiger charge is -2.11. The van der Waals surface area contributed by atoms with Crippen LogP contribution in [0.3, 0.4) is 0 Å². The number of anilines is 1. The average Bonchev–Trinajstić information content (AvgIpc) is 2.98. The van der Waals surface area contributed by atoms with Crippen molar-refractivity contribution in [2.75, 3.05) is 11.9 Å². The quantitative estimate of drug-likeness (QED) is 0.555. The minimum Gasteiger partial charge on any atom is -0.462 e. The van der Waals surface area contributed by atoms with Crippen LogP contribution in [0.4, 0.5) is 5.69 Å². The Morgan fingerprint density at radius 3 is 2.66 bits per heavy atom. The molecule has 152 valence electrons. The molecule has 0 radical (unpaired) electrons. The van der Waals surface area contributed by atoms with Crippen LogP contribution in [0.15, 0.2) is 36.4 Å². The zero-order valence-corrected chi connectivity index (χ0v) is 17.5. The third-order valence-electron chi connectivity index (χ3n) is 4.59. The number of rotatable bonds is 7. The number of imidazole rings is 1. The second-order valence-electron chi connectivity index (χ2n) is 6.77. The van der Waals surface area contributed by atoms with Crippen LogP contribution >= 0.6 is 11.6 Å². The number of hydrogen-bond acceptors (Lipinski definition) is 4. The molecule has 0 saturated heterocycles. The lowest BCUT2D eigenvalue weighted by atomic mass is 10.1. The number of nitrogens with zero attached hydrogens (tertiary/aromatic N) is 2. The van der Waals surface area contributed by atoms with Crippen LogP contribution in [0, 0.1) is 6.92 Å². The summed E-state index contributed by atoms with van der Waals surface area (Å²) in [7, 11) is 0. The minimum absolute atomic E-state index is 0.0285. The number of amides is 1. The Labute approximate surface area is 174 Å². The van der Waals surface area contributed by atoms with Crippen molar-refractivity contribution in [2.24, 2.45) is 0 Å². The number of ether oxygens (including phenoxy) is 1. The van der Waals surface area contributed by atoms with Crippen molar-refractivity contribution >= 4 is 40.2 Å². The van der Waals surface area contributed by atoms with Crippen molar-refractivity contribution in [2.45, 2.75) is 40.2 Å². The molecule has 0 bridgehead atoms. The van der Waals surface area contributed by atoms with Crippen molar-refractivity contribution in [1.82, 2.24) is 9.55 Å². The van der Waals surface area contributed by atoms with Gasteiger partial charge in [-0.1, -0.05) is 24.6 Å². The van der Waals surface area contributed by atoms with Crippen molar-refractivity contribution < 1.29 is 14.3 Å². The molecule has 0 unspecified atom stereocenters. The molecule has 0 spiro atoms. The highest BCUT2D eigenvalue weighted by Crippen LogP contribution is 2.25. The molecule has 1 N–H and O–H groups in total. The number of esters is 1. The largest absolute Gasteiger partial charge is 0.462 e. The fourth-order valence-electron chi connectivity index (χ4n) is 3.16. The maximum absolute atomic E-state index is 12.1. The summed E-state index contributed by atoms with van der Waals surface area (Å²) in [6, 6.07) is 10.8. The highest BCUT2D eigenvalue weighted by atomic mass is 35.5. The Balaban J connectivity index is 1.89. The highest BCUT2D eigenvalue weighted by molar-refractivity contribution is 6.31. The molecule has 3 aromatic rings. The molecule has 29 heavy (non-hydrogen) atoms. The van der Waals surface area contributed by atoms with E-state index >= 15 is 0 Å². The number of aromatic nitrogens is 2. The zero-order chi connectivity index (χ0) is 21.0. The van der Waals surface area contributed by atoms with Crippen LogP contribution in [0.5, 0.6) is 0 Å². The van der Waals surface area contributed by atoms with Gasteiger partial charge in [-0.15, -0.1) is 0 Å². The summed E-state index contributed by atoms with van der Waals surface area (Å²) < 4.78 is 7.11. The lowest BCUT2D eigenvalue weighted by Crippen LogP contribution is -2.11. The Morgan fingerprint density at radius 1 is 1.17 bits per heavy atom.